The van der Waals surface area contributed by atoms with Gasteiger partial charge in [-0.1, -0.05) is 23.2 Å². The van der Waals surface area contributed by atoms with Crippen LogP contribution in [-0.4, -0.2) is 35.5 Å². The number of nitrogens with zero attached hydrogens (tertiary/aromatic N) is 3. The highest BCUT2D eigenvalue weighted by atomic mass is 35.5. The second-order valence-corrected chi connectivity index (χ2v) is 5.11. The Bertz CT molecular complexity index is 398. The second kappa shape index (κ2) is 4.35. The highest BCUT2D eigenvalue weighted by Crippen LogP contribution is 2.32. The van der Waals surface area contributed by atoms with Gasteiger partial charge in [-0.3, -0.25) is 0 Å². The van der Waals surface area contributed by atoms with Gasteiger partial charge in [-0.05, 0) is 13.8 Å². The monoisotopic (exact) mass is 261 g/mol. The first-order valence-electron chi connectivity index (χ1n) is 5.05. The van der Waals surface area contributed by atoms with Crippen molar-refractivity contribution in [3.8, 4) is 0 Å². The molecule has 2 rings (SSSR count). The molecule has 1 aromatic heterocycles. The molecule has 1 aromatic rings. The van der Waals surface area contributed by atoms with Gasteiger partial charge < -0.3 is 9.64 Å². The van der Waals surface area contributed by atoms with E-state index >= 15 is 0 Å². The summed E-state index contributed by atoms with van der Waals surface area (Å²) in [6.07, 6.45) is 0. The first-order valence-corrected chi connectivity index (χ1v) is 5.80. The van der Waals surface area contributed by atoms with E-state index < -0.39 is 0 Å². The van der Waals surface area contributed by atoms with Crippen LogP contribution in [0.2, 0.25) is 10.3 Å². The largest absolute Gasteiger partial charge is 0.377 e. The van der Waals surface area contributed by atoms with E-state index in [9.17, 15) is 0 Å². The normalized spacial score (nSPS) is 19.9. The van der Waals surface area contributed by atoms with E-state index in [4.69, 9.17) is 27.9 Å². The molecule has 0 unspecified atom stereocenters. The van der Waals surface area contributed by atoms with Gasteiger partial charge in [-0.25, -0.2) is 0 Å². The van der Waals surface area contributed by atoms with Crippen LogP contribution in [0.4, 0.5) is 5.69 Å². The number of anilines is 1. The molecule has 0 radical (unpaired) electrons. The quantitative estimate of drug-likeness (QED) is 0.779. The molecular formula is C10H13Cl2N3O. The summed E-state index contributed by atoms with van der Waals surface area (Å²) in [4.78, 5) is 2.15. The predicted octanol–water partition coefficient (Wildman–Crippen LogP) is 2.40. The Morgan fingerprint density at radius 2 is 2.12 bits per heavy atom. The maximum absolute atomic E-state index is 6.04. The van der Waals surface area contributed by atoms with Crippen LogP contribution in [0.5, 0.6) is 0 Å². The lowest BCUT2D eigenvalue weighted by Crippen LogP contribution is -2.53. The summed E-state index contributed by atoms with van der Waals surface area (Å²) in [6, 6.07) is 1.74. The fourth-order valence-electron chi connectivity index (χ4n) is 1.84. The van der Waals surface area contributed by atoms with Gasteiger partial charge in [-0.2, -0.15) is 0 Å². The lowest BCUT2D eigenvalue weighted by Gasteiger charge is -2.43. The Morgan fingerprint density at radius 1 is 1.38 bits per heavy atom. The Morgan fingerprint density at radius 3 is 2.81 bits per heavy atom. The first-order chi connectivity index (χ1) is 7.50. The van der Waals surface area contributed by atoms with Gasteiger partial charge in [-0.15, -0.1) is 10.2 Å². The molecule has 1 saturated heterocycles. The molecule has 16 heavy (non-hydrogen) atoms. The molecule has 0 N–H and O–H groups in total. The fourth-order valence-corrected chi connectivity index (χ4v) is 2.17. The number of halogens is 2. The van der Waals surface area contributed by atoms with Crippen LogP contribution < -0.4 is 4.90 Å². The molecule has 0 aromatic carbocycles. The van der Waals surface area contributed by atoms with E-state index in [0.29, 0.717) is 23.5 Å². The Balaban J connectivity index is 2.38. The Kier molecular flexibility index (Phi) is 3.24. The molecule has 88 valence electrons. The minimum absolute atomic E-state index is 0.117. The van der Waals surface area contributed by atoms with Gasteiger partial charge in [0.1, 0.15) is 0 Å². The van der Waals surface area contributed by atoms with Crippen molar-refractivity contribution < 1.29 is 4.74 Å². The maximum Gasteiger partial charge on any atom is 0.175 e. The smallest absolute Gasteiger partial charge is 0.175 e. The topological polar surface area (TPSA) is 38.2 Å². The molecule has 0 amide bonds. The second-order valence-electron chi connectivity index (χ2n) is 4.36. The van der Waals surface area contributed by atoms with Gasteiger partial charge in [0.2, 0.25) is 0 Å². The Hall–Kier alpha value is -0.580. The van der Waals surface area contributed by atoms with Gasteiger partial charge in [0.25, 0.3) is 0 Å². The number of aromatic nitrogens is 2. The minimum atomic E-state index is -0.117. The van der Waals surface area contributed by atoms with Gasteiger partial charge in [0.05, 0.1) is 24.4 Å². The molecule has 0 saturated carbocycles. The molecule has 2 heterocycles. The highest BCUT2D eigenvalue weighted by molar-refractivity contribution is 6.33. The lowest BCUT2D eigenvalue weighted by molar-refractivity contribution is 0.0643. The van der Waals surface area contributed by atoms with Crippen molar-refractivity contribution in [2.45, 2.75) is 19.4 Å². The number of morpholine rings is 1. The summed E-state index contributed by atoms with van der Waals surface area (Å²) in [6.45, 7) is 6.30. The molecule has 0 bridgehead atoms. The third-order valence-corrected chi connectivity index (χ3v) is 3.09. The summed E-state index contributed by atoms with van der Waals surface area (Å²) < 4.78 is 5.45. The van der Waals surface area contributed by atoms with Crippen LogP contribution in [0.25, 0.3) is 0 Å². The molecule has 6 heteroatoms. The summed E-state index contributed by atoms with van der Waals surface area (Å²) in [5.41, 5.74) is 0.698. The average Bonchev–Trinajstić information content (AvgIpc) is 2.22. The van der Waals surface area contributed by atoms with Crippen molar-refractivity contribution in [3.05, 3.63) is 16.4 Å². The number of hydrogen-bond donors (Lipinski definition) is 0. The number of hydrogen-bond acceptors (Lipinski definition) is 4. The van der Waals surface area contributed by atoms with Crippen LogP contribution >= 0.6 is 23.2 Å². The van der Waals surface area contributed by atoms with Crippen molar-refractivity contribution in [3.63, 3.8) is 0 Å². The molecule has 1 aliphatic heterocycles. The fraction of sp³-hybridized carbons (Fsp3) is 0.600. The van der Waals surface area contributed by atoms with Crippen LogP contribution in [-0.2, 0) is 4.74 Å². The summed E-state index contributed by atoms with van der Waals surface area (Å²) in [5, 5.41) is 8.25. The molecule has 0 atom stereocenters. The molecule has 4 nitrogen and oxygen atoms in total. The first kappa shape index (κ1) is 11.9. The third kappa shape index (κ3) is 2.24. The van der Waals surface area contributed by atoms with Gasteiger partial charge in [0, 0.05) is 12.6 Å². The highest BCUT2D eigenvalue weighted by Gasteiger charge is 2.32. The van der Waals surface area contributed by atoms with Crippen molar-refractivity contribution in [2.75, 3.05) is 24.7 Å². The SMILES string of the molecule is CC1(C)COCCN1c1cc(Cl)nnc1Cl. The number of ether oxygens (including phenoxy) is 1. The minimum Gasteiger partial charge on any atom is -0.377 e. The number of rotatable bonds is 1. The van der Waals surface area contributed by atoms with E-state index in [1.165, 1.54) is 0 Å². The van der Waals surface area contributed by atoms with Crippen molar-refractivity contribution in [2.24, 2.45) is 0 Å². The van der Waals surface area contributed by atoms with Crippen molar-refractivity contribution in [1.29, 1.82) is 0 Å². The van der Waals surface area contributed by atoms with Crippen LogP contribution in [0, 0.1) is 0 Å². The van der Waals surface area contributed by atoms with E-state index in [2.05, 4.69) is 28.9 Å². The van der Waals surface area contributed by atoms with Crippen LogP contribution in [0.15, 0.2) is 6.07 Å². The molecule has 0 spiro atoms. The van der Waals surface area contributed by atoms with Gasteiger partial charge >= 0.3 is 0 Å². The molecule has 1 fully saturated rings. The van der Waals surface area contributed by atoms with E-state index in [1.807, 2.05) is 0 Å². The van der Waals surface area contributed by atoms with Crippen LogP contribution in [0.3, 0.4) is 0 Å². The Labute approximate surface area is 105 Å². The summed E-state index contributed by atoms with van der Waals surface area (Å²) in [5.74, 6) is 0. The van der Waals surface area contributed by atoms with E-state index in [1.54, 1.807) is 6.07 Å². The zero-order valence-corrected chi connectivity index (χ0v) is 10.7. The average molecular weight is 262 g/mol. The lowest BCUT2D eigenvalue weighted by atomic mass is 10.0. The van der Waals surface area contributed by atoms with Crippen molar-refractivity contribution in [1.82, 2.24) is 10.2 Å². The third-order valence-electron chi connectivity index (χ3n) is 2.64. The summed E-state index contributed by atoms with van der Waals surface area (Å²) >= 11 is 11.9. The zero-order chi connectivity index (χ0) is 11.8. The zero-order valence-electron chi connectivity index (χ0n) is 9.20. The summed E-state index contributed by atoms with van der Waals surface area (Å²) in [7, 11) is 0. The predicted molar refractivity (Wildman–Crippen MR) is 64.3 cm³/mol. The molecular weight excluding hydrogens is 249 g/mol. The van der Waals surface area contributed by atoms with E-state index in [0.717, 1.165) is 12.2 Å². The standard InChI is InChI=1S/C10H13Cl2N3O/c1-10(2)6-16-4-3-15(10)7-5-8(11)13-14-9(7)12/h5H,3-4,6H2,1-2H3. The van der Waals surface area contributed by atoms with Crippen molar-refractivity contribution >= 4 is 28.9 Å². The van der Waals surface area contributed by atoms with Crippen LogP contribution in [0.1, 0.15) is 13.8 Å². The maximum atomic E-state index is 6.04. The molecule has 1 aliphatic rings. The van der Waals surface area contributed by atoms with E-state index in [-0.39, 0.29) is 5.54 Å². The van der Waals surface area contributed by atoms with Gasteiger partial charge in [0.15, 0.2) is 10.3 Å². The molecule has 0 aliphatic carbocycles.